The molecule has 0 fully saturated rings. The molecule has 2 rings (SSSR count). The second-order valence-electron chi connectivity index (χ2n) is 6.27. The zero-order chi connectivity index (χ0) is 15.6. The van der Waals surface area contributed by atoms with Crippen LogP contribution in [-0.4, -0.2) is 21.4 Å². The lowest BCUT2D eigenvalue weighted by Crippen LogP contribution is -2.19. The van der Waals surface area contributed by atoms with Crippen molar-refractivity contribution < 1.29 is 5.11 Å². The van der Waals surface area contributed by atoms with Crippen molar-refractivity contribution >= 4 is 0 Å². The first kappa shape index (κ1) is 15.4. The first-order valence-corrected chi connectivity index (χ1v) is 7.18. The number of aromatic nitrogens is 2. The number of hydrogen-bond acceptors (Lipinski definition) is 3. The van der Waals surface area contributed by atoms with Gasteiger partial charge in [0.25, 0.3) is 5.56 Å². The monoisotopic (exact) mass is 289 g/mol. The van der Waals surface area contributed by atoms with Gasteiger partial charge in [0.15, 0.2) is 0 Å². The van der Waals surface area contributed by atoms with Crippen LogP contribution in [0, 0.1) is 0 Å². The number of phenolic OH excluding ortho intramolecular Hbond substituents is 1. The van der Waals surface area contributed by atoms with Crippen LogP contribution in [0.3, 0.4) is 0 Å². The van der Waals surface area contributed by atoms with Crippen molar-refractivity contribution in [2.75, 3.05) is 6.54 Å². The molecule has 1 aromatic carbocycles. The van der Waals surface area contributed by atoms with Crippen molar-refractivity contribution in [3.05, 3.63) is 45.9 Å². The van der Waals surface area contributed by atoms with E-state index in [0.717, 1.165) is 17.7 Å². The normalized spacial score (nSPS) is 11.8. The minimum Gasteiger partial charge on any atom is -0.508 e. The van der Waals surface area contributed by atoms with Crippen LogP contribution in [0.2, 0.25) is 0 Å². The predicted molar refractivity (Wildman–Crippen MR) is 84.1 cm³/mol. The maximum atomic E-state index is 12.7. The standard InChI is InChI=1S/C16H23N3O2/c1-16(2,3)14-13(8-5-9-17)15(21)19(18-14)11-6-4-7-12(20)10-11/h4,6-7,10,18,20H,5,8-9,17H2,1-3H3. The maximum absolute atomic E-state index is 12.7. The van der Waals surface area contributed by atoms with Crippen LogP contribution in [0.5, 0.6) is 5.75 Å². The lowest BCUT2D eigenvalue weighted by molar-refractivity contribution is 0.474. The quantitative estimate of drug-likeness (QED) is 0.805. The third-order valence-electron chi connectivity index (χ3n) is 3.46. The molecule has 1 aromatic heterocycles. The highest BCUT2D eigenvalue weighted by atomic mass is 16.3. The topological polar surface area (TPSA) is 84.0 Å². The summed E-state index contributed by atoms with van der Waals surface area (Å²) in [7, 11) is 0. The van der Waals surface area contributed by atoms with Gasteiger partial charge in [0.2, 0.25) is 0 Å². The van der Waals surface area contributed by atoms with Gasteiger partial charge in [-0.15, -0.1) is 0 Å². The summed E-state index contributed by atoms with van der Waals surface area (Å²) < 4.78 is 1.49. The second kappa shape index (κ2) is 5.77. The molecule has 0 spiro atoms. The Hall–Kier alpha value is -2.01. The van der Waals surface area contributed by atoms with Gasteiger partial charge in [0, 0.05) is 22.7 Å². The molecule has 1 heterocycles. The van der Waals surface area contributed by atoms with E-state index in [1.807, 2.05) is 0 Å². The minimum atomic E-state index is -0.162. The highest BCUT2D eigenvalue weighted by molar-refractivity contribution is 5.39. The Morgan fingerprint density at radius 2 is 2.05 bits per heavy atom. The number of aromatic amines is 1. The second-order valence-corrected chi connectivity index (χ2v) is 6.27. The molecule has 0 amide bonds. The van der Waals surface area contributed by atoms with E-state index >= 15 is 0 Å². The molecule has 0 aliphatic heterocycles. The molecule has 0 saturated heterocycles. The average molecular weight is 289 g/mol. The number of hydrogen-bond donors (Lipinski definition) is 3. The van der Waals surface area contributed by atoms with Gasteiger partial charge in [-0.3, -0.25) is 9.89 Å². The smallest absolute Gasteiger partial charge is 0.274 e. The summed E-state index contributed by atoms with van der Waals surface area (Å²) in [5, 5.41) is 12.8. The van der Waals surface area contributed by atoms with E-state index in [4.69, 9.17) is 5.73 Å². The lowest BCUT2D eigenvalue weighted by Gasteiger charge is -2.18. The summed E-state index contributed by atoms with van der Waals surface area (Å²) in [6.07, 6.45) is 1.43. The number of benzene rings is 1. The van der Waals surface area contributed by atoms with Gasteiger partial charge >= 0.3 is 0 Å². The molecule has 0 unspecified atom stereocenters. The minimum absolute atomic E-state index is 0.0704. The third kappa shape index (κ3) is 3.19. The molecular formula is C16H23N3O2. The Bertz CT molecular complexity index is 678. The zero-order valence-electron chi connectivity index (χ0n) is 12.8. The van der Waals surface area contributed by atoms with E-state index in [1.54, 1.807) is 24.3 Å². The SMILES string of the molecule is CC(C)(C)c1[nH]n(-c2cccc(O)c2)c(=O)c1CCCN. The van der Waals surface area contributed by atoms with Crippen LogP contribution < -0.4 is 11.3 Å². The molecule has 5 heteroatoms. The predicted octanol–water partition coefficient (Wildman–Crippen LogP) is 2.06. The summed E-state index contributed by atoms with van der Waals surface area (Å²) in [6, 6.07) is 6.65. The third-order valence-corrected chi connectivity index (χ3v) is 3.46. The molecule has 4 N–H and O–H groups in total. The van der Waals surface area contributed by atoms with Crippen molar-refractivity contribution in [2.45, 2.75) is 39.0 Å². The molecule has 0 bridgehead atoms. The largest absolute Gasteiger partial charge is 0.508 e. The van der Waals surface area contributed by atoms with Gasteiger partial charge in [-0.25, -0.2) is 4.68 Å². The summed E-state index contributed by atoms with van der Waals surface area (Å²) in [5.74, 6) is 0.134. The fourth-order valence-corrected chi connectivity index (χ4v) is 2.42. The van der Waals surface area contributed by atoms with Crippen LogP contribution in [-0.2, 0) is 11.8 Å². The molecular weight excluding hydrogens is 266 g/mol. The molecule has 0 radical (unpaired) electrons. The number of phenols is 1. The first-order chi connectivity index (χ1) is 9.84. The van der Waals surface area contributed by atoms with E-state index in [9.17, 15) is 9.90 Å². The van der Waals surface area contributed by atoms with Crippen LogP contribution in [0.1, 0.15) is 38.4 Å². The Morgan fingerprint density at radius 3 is 2.62 bits per heavy atom. The Kier molecular flexibility index (Phi) is 4.23. The van der Waals surface area contributed by atoms with Crippen molar-refractivity contribution in [1.82, 2.24) is 9.78 Å². The number of nitrogens with zero attached hydrogens (tertiary/aromatic N) is 1. The Labute approximate surface area is 124 Å². The summed E-state index contributed by atoms with van der Waals surface area (Å²) in [4.78, 5) is 12.7. The highest BCUT2D eigenvalue weighted by Gasteiger charge is 2.24. The van der Waals surface area contributed by atoms with Crippen LogP contribution >= 0.6 is 0 Å². The summed E-state index contributed by atoms with van der Waals surface area (Å²) in [5.41, 5.74) is 7.66. The number of nitrogens with one attached hydrogen (secondary N) is 1. The fourth-order valence-electron chi connectivity index (χ4n) is 2.42. The van der Waals surface area contributed by atoms with Gasteiger partial charge in [-0.2, -0.15) is 0 Å². The van der Waals surface area contributed by atoms with Crippen LogP contribution in [0.15, 0.2) is 29.1 Å². The molecule has 0 aliphatic rings. The van der Waals surface area contributed by atoms with E-state index in [1.165, 1.54) is 4.68 Å². The molecule has 114 valence electrons. The molecule has 0 aliphatic carbocycles. The van der Waals surface area contributed by atoms with Crippen molar-refractivity contribution in [3.8, 4) is 11.4 Å². The van der Waals surface area contributed by atoms with E-state index in [-0.39, 0.29) is 16.7 Å². The summed E-state index contributed by atoms with van der Waals surface area (Å²) in [6.45, 7) is 6.76. The molecule has 21 heavy (non-hydrogen) atoms. The Morgan fingerprint density at radius 1 is 1.33 bits per heavy atom. The average Bonchev–Trinajstić information content (AvgIpc) is 2.73. The van der Waals surface area contributed by atoms with Crippen LogP contribution in [0.25, 0.3) is 5.69 Å². The number of nitrogens with two attached hydrogens (primary N) is 1. The highest BCUT2D eigenvalue weighted by Crippen LogP contribution is 2.24. The van der Waals surface area contributed by atoms with Crippen molar-refractivity contribution in [1.29, 1.82) is 0 Å². The van der Waals surface area contributed by atoms with E-state index in [0.29, 0.717) is 18.7 Å². The molecule has 2 aromatic rings. The number of aromatic hydroxyl groups is 1. The van der Waals surface area contributed by atoms with Gasteiger partial charge in [0.1, 0.15) is 5.75 Å². The van der Waals surface area contributed by atoms with E-state index in [2.05, 4.69) is 25.9 Å². The van der Waals surface area contributed by atoms with E-state index < -0.39 is 0 Å². The van der Waals surface area contributed by atoms with Gasteiger partial charge < -0.3 is 10.8 Å². The number of H-pyrrole nitrogens is 1. The van der Waals surface area contributed by atoms with Crippen molar-refractivity contribution in [2.24, 2.45) is 5.73 Å². The number of rotatable bonds is 4. The maximum Gasteiger partial charge on any atom is 0.274 e. The van der Waals surface area contributed by atoms with Gasteiger partial charge in [-0.1, -0.05) is 26.8 Å². The zero-order valence-corrected chi connectivity index (χ0v) is 12.8. The van der Waals surface area contributed by atoms with Gasteiger partial charge in [0.05, 0.1) is 5.69 Å². The Balaban J connectivity index is 2.58. The van der Waals surface area contributed by atoms with Crippen LogP contribution in [0.4, 0.5) is 0 Å². The van der Waals surface area contributed by atoms with Crippen molar-refractivity contribution in [3.63, 3.8) is 0 Å². The fraction of sp³-hybridized carbons (Fsp3) is 0.438. The molecule has 0 atom stereocenters. The molecule has 5 nitrogen and oxygen atoms in total. The molecule has 0 saturated carbocycles. The first-order valence-electron chi connectivity index (χ1n) is 7.18. The summed E-state index contributed by atoms with van der Waals surface area (Å²) >= 11 is 0. The van der Waals surface area contributed by atoms with Gasteiger partial charge in [-0.05, 0) is 31.5 Å². The lowest BCUT2D eigenvalue weighted by atomic mass is 9.88.